The van der Waals surface area contributed by atoms with Crippen molar-refractivity contribution in [2.24, 2.45) is 0 Å². The van der Waals surface area contributed by atoms with Crippen molar-refractivity contribution in [2.45, 2.75) is 0 Å². The van der Waals surface area contributed by atoms with E-state index in [0.717, 1.165) is 0 Å². The molecule has 0 fully saturated rings. The first-order valence-electron chi connectivity index (χ1n) is 0.756. The smallest absolute Gasteiger partial charge is 0.369 e. The zero-order valence-corrected chi connectivity index (χ0v) is 12.3. The molecule has 0 amide bonds. The van der Waals surface area contributed by atoms with Gasteiger partial charge >= 0.3 is 64.6 Å². The van der Waals surface area contributed by atoms with E-state index in [2.05, 4.69) is 0 Å². The summed E-state index contributed by atoms with van der Waals surface area (Å²) in [5.74, 6) is 0. The maximum atomic E-state index is 5.04. The molecule has 14 N–H and O–H groups in total. The molecule has 0 unspecified atom stereocenters. The summed E-state index contributed by atoms with van der Waals surface area (Å²) >= 11 is 0. The predicted octanol–water partition coefficient (Wildman–Crippen LogP) is 4.44. The third-order valence-corrected chi connectivity index (χ3v) is 0. The van der Waals surface area contributed by atoms with Crippen LogP contribution in [0.15, 0.2) is 0 Å². The van der Waals surface area contributed by atoms with E-state index in [1.54, 1.807) is 0 Å². The molecule has 0 aromatic heterocycles. The maximum absolute atomic E-state index is 5.15. The maximum Gasteiger partial charge on any atom is -0.369 e. The minimum Gasteiger partial charge on any atom is -0.369 e. The monoisotopic (exact) mass is 385 g/mol. The van der Waals surface area contributed by atoms with E-state index in [1.807, 2.05) is 0 Å². The Balaban J connectivity index is -0.0000000300. The minimum absolute atomic E-state index is 0. The molecule has 86 valence electrons. The summed E-state index contributed by atoms with van der Waals surface area (Å²) in [7, 11) is 30.2. The van der Waals surface area contributed by atoms with Crippen LogP contribution in [-0.2, 0) is 6.48 Å². The van der Waals surface area contributed by atoms with E-state index in [9.17, 15) is 0 Å². The Morgan fingerprint density at radius 1 is 0.545 bits per heavy atom. The fraction of sp³-hybridized carbons (Fsp3) is 0. The Bertz CT molecular complexity index is 76.4. The molecule has 0 aliphatic rings. The van der Waals surface area contributed by atoms with Crippen LogP contribution in [0.4, 0.5) is 0 Å². The average Bonchev–Trinajstić information content (AvgIpc) is 0.592. The summed E-state index contributed by atoms with van der Waals surface area (Å²) in [5, 5.41) is 0. The van der Waals surface area contributed by atoms with Crippen LogP contribution in [0.3, 0.4) is 0 Å². The summed E-state index contributed by atoms with van der Waals surface area (Å²) in [6.07, 6.45) is 0. The van der Waals surface area contributed by atoms with Crippen molar-refractivity contribution < 1.29 is 12.0 Å². The van der Waals surface area contributed by atoms with Crippen LogP contribution in [0.1, 0.15) is 0 Å². The molecule has 0 aromatic carbocycles. The van der Waals surface area contributed by atoms with Gasteiger partial charge in [0.15, 0.2) is 0 Å². The fourth-order valence-corrected chi connectivity index (χ4v) is 0. The Morgan fingerprint density at radius 3 is 0.545 bits per heavy atom. The molecule has 0 aliphatic heterocycles. The van der Waals surface area contributed by atoms with Crippen molar-refractivity contribution in [3.8, 4) is 0 Å². The third-order valence-electron chi connectivity index (χ3n) is 0. The van der Waals surface area contributed by atoms with Crippen molar-refractivity contribution in [3.63, 3.8) is 0 Å². The van der Waals surface area contributed by atoms with Crippen molar-refractivity contribution in [3.05, 3.63) is 0 Å². The molecular formula is H14Cl6N3ORh. The second-order valence-electron chi connectivity index (χ2n) is 0.714. The molecule has 0 rings (SSSR count). The molecule has 0 aliphatic carbocycles. The largest absolute Gasteiger partial charge is 0.369 e. The number of quaternary nitrogens is 3. The Kier molecular flexibility index (Phi) is 13.7. The summed E-state index contributed by atoms with van der Waals surface area (Å²) in [6, 6.07) is 0. The van der Waals surface area contributed by atoms with Crippen molar-refractivity contribution >= 4 is 58.1 Å². The molecule has 0 heterocycles. The second-order valence-corrected chi connectivity index (χ2v) is 38.0. The van der Waals surface area contributed by atoms with E-state index in [1.165, 1.54) is 0 Å². The molecule has 0 bridgehead atoms. The van der Waals surface area contributed by atoms with E-state index in [-0.39, 0.29) is 23.9 Å². The molecule has 0 spiro atoms. The number of rotatable bonds is 0. The van der Waals surface area contributed by atoms with Gasteiger partial charge in [-0.3, -0.25) is 0 Å². The van der Waals surface area contributed by atoms with Gasteiger partial charge in [-0.2, -0.15) is 0 Å². The van der Waals surface area contributed by atoms with Crippen LogP contribution < -0.4 is 18.5 Å². The zero-order valence-electron chi connectivity index (χ0n) is 6.10. The first kappa shape index (κ1) is 29.2. The van der Waals surface area contributed by atoms with Crippen LogP contribution in [0, 0.1) is 0 Å². The normalized spacial score (nSPS) is 14.7. The molecule has 11 heavy (non-hydrogen) atoms. The summed E-state index contributed by atoms with van der Waals surface area (Å²) in [6.45, 7) is -5.15. The van der Waals surface area contributed by atoms with Gasteiger partial charge in [0.25, 0.3) is 0 Å². The molecule has 0 aromatic rings. The van der Waals surface area contributed by atoms with Crippen LogP contribution >= 0.6 is 58.1 Å². The van der Waals surface area contributed by atoms with Gasteiger partial charge < -0.3 is 23.9 Å². The number of hydrogen-bond acceptors (Lipinski definition) is 0. The topological polar surface area (TPSA) is 141 Å². The Hall–Kier alpha value is 2.20. The Morgan fingerprint density at radius 2 is 0.545 bits per heavy atom. The van der Waals surface area contributed by atoms with Crippen molar-refractivity contribution in [2.75, 3.05) is 0 Å². The first-order valence-corrected chi connectivity index (χ1v) is 13.4. The SMILES string of the molecule is O.[Cl][Rh-3]([Cl])([Cl])([Cl])([Cl])[Cl].[NH4+].[NH4+].[NH4+]. The van der Waals surface area contributed by atoms with Crippen LogP contribution in [0.25, 0.3) is 0 Å². The molecular weight excluding hydrogens is 374 g/mol. The molecule has 0 atom stereocenters. The van der Waals surface area contributed by atoms with Crippen molar-refractivity contribution in [1.82, 2.24) is 18.5 Å². The zero-order chi connectivity index (χ0) is 6.41. The van der Waals surface area contributed by atoms with Gasteiger partial charge in [-0.1, -0.05) is 0 Å². The van der Waals surface area contributed by atoms with Crippen LogP contribution in [0.2, 0.25) is 0 Å². The van der Waals surface area contributed by atoms with E-state index >= 15 is 0 Å². The number of halogens is 6. The summed E-state index contributed by atoms with van der Waals surface area (Å²) < 4.78 is 0. The molecule has 11 heteroatoms. The number of hydrogen-bond donors (Lipinski definition) is 3. The fourth-order valence-electron chi connectivity index (χ4n) is 0. The first-order chi connectivity index (χ1) is 2.45. The molecule has 4 nitrogen and oxygen atoms in total. The quantitative estimate of drug-likeness (QED) is 0.505. The van der Waals surface area contributed by atoms with E-state index in [0.29, 0.717) is 0 Å². The van der Waals surface area contributed by atoms with Gasteiger partial charge in [-0.15, -0.1) is 0 Å². The van der Waals surface area contributed by atoms with Gasteiger partial charge in [0.1, 0.15) is 0 Å². The molecule has 0 saturated heterocycles. The molecule has 0 saturated carbocycles. The van der Waals surface area contributed by atoms with Gasteiger partial charge in [0.2, 0.25) is 0 Å². The predicted molar refractivity (Wildman–Crippen MR) is 56.7 cm³/mol. The van der Waals surface area contributed by atoms with E-state index in [4.69, 9.17) is 58.1 Å². The average molecular weight is 388 g/mol. The van der Waals surface area contributed by atoms with Gasteiger partial charge in [0.05, 0.1) is 0 Å². The summed E-state index contributed by atoms with van der Waals surface area (Å²) in [4.78, 5) is 0. The van der Waals surface area contributed by atoms with Crippen molar-refractivity contribution in [1.29, 1.82) is 0 Å². The minimum atomic E-state index is -5.15. The molecule has 0 radical (unpaired) electrons. The van der Waals surface area contributed by atoms with Crippen LogP contribution in [-0.4, -0.2) is 5.48 Å². The Labute approximate surface area is 87.8 Å². The third kappa shape index (κ3) is 262. The summed E-state index contributed by atoms with van der Waals surface area (Å²) in [5.41, 5.74) is 0. The van der Waals surface area contributed by atoms with Crippen LogP contribution in [0.5, 0.6) is 0 Å². The van der Waals surface area contributed by atoms with E-state index < -0.39 is 6.48 Å². The van der Waals surface area contributed by atoms with Gasteiger partial charge in [-0.05, 0) is 0 Å². The van der Waals surface area contributed by atoms with Gasteiger partial charge in [-0.25, -0.2) is 0 Å². The second kappa shape index (κ2) is 5.18. The van der Waals surface area contributed by atoms with Gasteiger partial charge in [0, 0.05) is 0 Å². The standard InChI is InChI=1S/6ClH.3H3N.H2O.Rh/h6*1H;3*1H3;1H2;/q;;;;;;;;;;+3/p-3.